The third kappa shape index (κ3) is 63.0. The van der Waals surface area contributed by atoms with Crippen molar-refractivity contribution < 1.29 is 28.6 Å². The third-order valence-electron chi connectivity index (χ3n) is 14.0. The highest BCUT2D eigenvalue weighted by atomic mass is 16.6. The van der Waals surface area contributed by atoms with Crippen LogP contribution in [0.3, 0.4) is 0 Å². The first-order valence-electron chi connectivity index (χ1n) is 32.7. The topological polar surface area (TPSA) is 78.9 Å². The summed E-state index contributed by atoms with van der Waals surface area (Å²) < 4.78 is 16.9. The summed E-state index contributed by atoms with van der Waals surface area (Å²) in [6.45, 7) is 6.48. The summed E-state index contributed by atoms with van der Waals surface area (Å²) in [6.07, 6.45) is 87.1. The summed E-state index contributed by atoms with van der Waals surface area (Å²) in [5, 5.41) is 0. The van der Waals surface area contributed by atoms with Crippen LogP contribution in [0.25, 0.3) is 0 Å². The molecule has 1 atom stereocenters. The molecule has 6 nitrogen and oxygen atoms in total. The second-order valence-electron chi connectivity index (χ2n) is 21.6. The maximum atomic E-state index is 12.9. The normalized spacial score (nSPS) is 12.7. The highest BCUT2D eigenvalue weighted by molar-refractivity contribution is 5.71. The standard InChI is InChI=1S/C71H122O6/c1-4-7-10-13-16-19-22-25-28-30-31-32-33-34-35-36-37-38-39-41-43-46-49-52-55-58-61-64-70(73)76-67-68(66-75-69(72)63-60-57-54-51-48-45-42-27-24-21-18-15-12-9-6-3)77-71(74)65-62-59-56-53-50-47-44-40-29-26-23-20-17-14-11-8-5-2/h9,12,17-18,20-22,25-27,29-31,42,48,51,68H,4-8,10-11,13-16,19,23-24,28,32-41,43-47,49-50,52-67H2,1-3H3/b12-9-,20-17-,21-18-,25-22-,29-26-,31-30-,42-27-,51-48-. The van der Waals surface area contributed by atoms with Gasteiger partial charge in [-0.3, -0.25) is 14.4 Å². The first kappa shape index (κ1) is 73.3. The molecule has 0 N–H and O–H groups in total. The Hall–Kier alpha value is -3.67. The van der Waals surface area contributed by atoms with Crippen molar-refractivity contribution in [1.82, 2.24) is 0 Å². The smallest absolute Gasteiger partial charge is 0.306 e. The Morgan fingerprint density at radius 3 is 0.844 bits per heavy atom. The minimum atomic E-state index is -0.800. The van der Waals surface area contributed by atoms with Crippen LogP contribution in [0.15, 0.2) is 97.2 Å². The number of carbonyl (C=O) groups is 3. The van der Waals surface area contributed by atoms with Crippen LogP contribution in [-0.2, 0) is 28.6 Å². The van der Waals surface area contributed by atoms with Gasteiger partial charge in [0.1, 0.15) is 13.2 Å². The minimum absolute atomic E-state index is 0.0930. The molecule has 0 aromatic heterocycles. The molecule has 6 heteroatoms. The van der Waals surface area contributed by atoms with Crippen LogP contribution in [0.5, 0.6) is 0 Å². The van der Waals surface area contributed by atoms with E-state index in [0.29, 0.717) is 19.3 Å². The number of carbonyl (C=O) groups excluding carboxylic acids is 3. The number of esters is 3. The van der Waals surface area contributed by atoms with Gasteiger partial charge in [-0.25, -0.2) is 0 Å². The van der Waals surface area contributed by atoms with Crippen molar-refractivity contribution in [2.24, 2.45) is 0 Å². The van der Waals surface area contributed by atoms with Crippen LogP contribution in [0.1, 0.15) is 316 Å². The number of hydrogen-bond donors (Lipinski definition) is 0. The molecular weight excluding hydrogens is 949 g/mol. The van der Waals surface area contributed by atoms with Crippen LogP contribution in [0, 0.1) is 0 Å². The van der Waals surface area contributed by atoms with Crippen molar-refractivity contribution in [3.8, 4) is 0 Å². The van der Waals surface area contributed by atoms with Crippen LogP contribution in [-0.4, -0.2) is 37.2 Å². The van der Waals surface area contributed by atoms with Gasteiger partial charge in [0.15, 0.2) is 6.10 Å². The van der Waals surface area contributed by atoms with Gasteiger partial charge in [0, 0.05) is 19.3 Å². The lowest BCUT2D eigenvalue weighted by molar-refractivity contribution is -0.167. The van der Waals surface area contributed by atoms with Crippen molar-refractivity contribution >= 4 is 17.9 Å². The Morgan fingerprint density at radius 1 is 0.273 bits per heavy atom. The lowest BCUT2D eigenvalue weighted by atomic mass is 10.0. The maximum Gasteiger partial charge on any atom is 0.306 e. The summed E-state index contributed by atoms with van der Waals surface area (Å²) in [5.74, 6) is -0.934. The van der Waals surface area contributed by atoms with Crippen LogP contribution in [0.2, 0.25) is 0 Å². The summed E-state index contributed by atoms with van der Waals surface area (Å²) in [7, 11) is 0. The van der Waals surface area contributed by atoms with Crippen LogP contribution < -0.4 is 0 Å². The Balaban J connectivity index is 4.32. The van der Waals surface area contributed by atoms with Gasteiger partial charge in [-0.1, -0.05) is 272 Å². The lowest BCUT2D eigenvalue weighted by Gasteiger charge is -2.18. The maximum absolute atomic E-state index is 12.9. The average Bonchev–Trinajstić information content (AvgIpc) is 3.43. The number of unbranched alkanes of at least 4 members (excludes halogenated alkanes) is 32. The molecule has 1 unspecified atom stereocenters. The monoisotopic (exact) mass is 1070 g/mol. The van der Waals surface area contributed by atoms with Crippen molar-refractivity contribution in [2.75, 3.05) is 13.2 Å². The van der Waals surface area contributed by atoms with E-state index in [0.717, 1.165) is 103 Å². The van der Waals surface area contributed by atoms with E-state index in [1.165, 1.54) is 173 Å². The van der Waals surface area contributed by atoms with E-state index in [9.17, 15) is 14.4 Å². The van der Waals surface area contributed by atoms with Gasteiger partial charge in [-0.05, 0) is 122 Å². The van der Waals surface area contributed by atoms with E-state index in [2.05, 4.69) is 118 Å². The second kappa shape index (κ2) is 64.9. The van der Waals surface area contributed by atoms with E-state index in [-0.39, 0.29) is 31.1 Å². The molecule has 0 aliphatic rings. The van der Waals surface area contributed by atoms with E-state index in [1.54, 1.807) is 0 Å². The van der Waals surface area contributed by atoms with Gasteiger partial charge in [-0.2, -0.15) is 0 Å². The lowest BCUT2D eigenvalue weighted by Crippen LogP contribution is -2.30. The van der Waals surface area contributed by atoms with Gasteiger partial charge >= 0.3 is 17.9 Å². The molecule has 0 fully saturated rings. The fourth-order valence-electron chi connectivity index (χ4n) is 9.14. The molecule has 0 aliphatic carbocycles. The SMILES string of the molecule is CC/C=C\C/C=C\C/C=C\C/C=C\CCCCC(=O)OCC(COC(=O)CCCCCCCCCCCCCCCCC/C=C\C/C=C\CCCCCCC)OC(=O)CCCCCCCCC/C=C\C/C=C\CCCCC. The van der Waals surface area contributed by atoms with E-state index in [4.69, 9.17) is 14.2 Å². The van der Waals surface area contributed by atoms with E-state index in [1.807, 2.05) is 0 Å². The van der Waals surface area contributed by atoms with E-state index < -0.39 is 6.10 Å². The highest BCUT2D eigenvalue weighted by Crippen LogP contribution is 2.16. The number of allylic oxidation sites excluding steroid dienone is 16. The predicted molar refractivity (Wildman–Crippen MR) is 334 cm³/mol. The molecule has 0 aromatic rings. The van der Waals surface area contributed by atoms with Gasteiger partial charge in [0.2, 0.25) is 0 Å². The molecule has 77 heavy (non-hydrogen) atoms. The van der Waals surface area contributed by atoms with Crippen LogP contribution in [0.4, 0.5) is 0 Å². The minimum Gasteiger partial charge on any atom is -0.462 e. The second-order valence-corrected chi connectivity index (χ2v) is 21.6. The Bertz CT molecular complexity index is 1510. The number of rotatable bonds is 59. The zero-order valence-corrected chi connectivity index (χ0v) is 50.7. The fourth-order valence-corrected chi connectivity index (χ4v) is 9.14. The zero-order chi connectivity index (χ0) is 55.7. The molecule has 0 aromatic carbocycles. The van der Waals surface area contributed by atoms with Crippen molar-refractivity contribution in [3.05, 3.63) is 97.2 Å². The molecule has 0 radical (unpaired) electrons. The molecule has 0 aliphatic heterocycles. The van der Waals surface area contributed by atoms with E-state index >= 15 is 0 Å². The Kier molecular flexibility index (Phi) is 61.8. The summed E-state index contributed by atoms with van der Waals surface area (Å²) in [4.78, 5) is 38.3. The Morgan fingerprint density at radius 2 is 0.506 bits per heavy atom. The zero-order valence-electron chi connectivity index (χ0n) is 50.7. The molecule has 0 bridgehead atoms. The molecule has 0 saturated heterocycles. The molecule has 442 valence electrons. The summed E-state index contributed by atoms with van der Waals surface area (Å²) in [5.41, 5.74) is 0. The van der Waals surface area contributed by atoms with Crippen molar-refractivity contribution in [2.45, 2.75) is 322 Å². The molecule has 0 amide bonds. The largest absolute Gasteiger partial charge is 0.462 e. The van der Waals surface area contributed by atoms with Gasteiger partial charge < -0.3 is 14.2 Å². The van der Waals surface area contributed by atoms with Crippen molar-refractivity contribution in [1.29, 1.82) is 0 Å². The Labute approximate surface area is 477 Å². The quantitative estimate of drug-likeness (QED) is 0.0261. The molecule has 0 saturated carbocycles. The first-order valence-corrected chi connectivity index (χ1v) is 32.7. The number of ether oxygens (including phenoxy) is 3. The molecule has 0 spiro atoms. The fraction of sp³-hybridized carbons (Fsp3) is 0.732. The van der Waals surface area contributed by atoms with Crippen molar-refractivity contribution in [3.63, 3.8) is 0 Å². The van der Waals surface area contributed by atoms with Gasteiger partial charge in [-0.15, -0.1) is 0 Å². The van der Waals surface area contributed by atoms with Gasteiger partial charge in [0.05, 0.1) is 0 Å². The summed E-state index contributed by atoms with van der Waals surface area (Å²) in [6, 6.07) is 0. The molecule has 0 rings (SSSR count). The van der Waals surface area contributed by atoms with Crippen LogP contribution >= 0.6 is 0 Å². The predicted octanol–water partition coefficient (Wildman–Crippen LogP) is 22.4. The molecule has 0 heterocycles. The molecular formula is C71H122O6. The van der Waals surface area contributed by atoms with Gasteiger partial charge in [0.25, 0.3) is 0 Å². The third-order valence-corrected chi connectivity index (χ3v) is 14.0. The number of hydrogen-bond acceptors (Lipinski definition) is 6. The first-order chi connectivity index (χ1) is 38.0. The highest BCUT2D eigenvalue weighted by Gasteiger charge is 2.19. The average molecular weight is 1070 g/mol. The summed E-state index contributed by atoms with van der Waals surface area (Å²) >= 11 is 0.